The average molecular weight is 349 g/mol. The maximum Gasteiger partial charge on any atom is 0.253 e. The van der Waals surface area contributed by atoms with Gasteiger partial charge in [0.05, 0.1) is 17.8 Å². The van der Waals surface area contributed by atoms with E-state index in [9.17, 15) is 4.79 Å². The van der Waals surface area contributed by atoms with Crippen molar-refractivity contribution >= 4 is 22.7 Å². The standard InChI is InChI=1S/C19H19N5O2/c1-11-3-5-13(6-4-11)17-8-15(26-24-17)10-21-19(25)14-7-16-12(2)22-23-18(16)20-9-14/h3-7,9,15H,8,10H2,1-2H3,(H,21,25)(H,20,22,23)/t15-/m1/s1. The average Bonchev–Trinajstić information content (AvgIpc) is 3.27. The number of nitrogens with zero attached hydrogens (tertiary/aromatic N) is 3. The molecule has 2 N–H and O–H groups in total. The number of carbonyl (C=O) groups excluding carboxylic acids is 1. The number of carbonyl (C=O) groups is 1. The Morgan fingerprint density at radius 3 is 2.92 bits per heavy atom. The van der Waals surface area contributed by atoms with Crippen LogP contribution in [0, 0.1) is 13.8 Å². The van der Waals surface area contributed by atoms with Crippen LogP contribution in [0.2, 0.25) is 0 Å². The Balaban J connectivity index is 1.36. The van der Waals surface area contributed by atoms with E-state index in [1.165, 1.54) is 11.8 Å². The summed E-state index contributed by atoms with van der Waals surface area (Å²) >= 11 is 0. The smallest absolute Gasteiger partial charge is 0.253 e. The molecule has 0 unspecified atom stereocenters. The normalized spacial score (nSPS) is 16.4. The molecule has 3 aromatic rings. The maximum absolute atomic E-state index is 12.4. The van der Waals surface area contributed by atoms with Gasteiger partial charge in [0, 0.05) is 23.7 Å². The molecule has 1 amide bonds. The van der Waals surface area contributed by atoms with Gasteiger partial charge in [-0.25, -0.2) is 4.98 Å². The highest BCUT2D eigenvalue weighted by molar-refractivity contribution is 6.01. The molecular formula is C19H19N5O2. The van der Waals surface area contributed by atoms with Gasteiger partial charge in [-0.15, -0.1) is 0 Å². The van der Waals surface area contributed by atoms with Crippen LogP contribution in [-0.4, -0.2) is 39.4 Å². The summed E-state index contributed by atoms with van der Waals surface area (Å²) in [5, 5.41) is 14.8. The predicted octanol–water partition coefficient (Wildman–Crippen LogP) is 2.50. The zero-order chi connectivity index (χ0) is 18.1. The Bertz CT molecular complexity index is 991. The number of pyridine rings is 1. The second-order valence-electron chi connectivity index (χ2n) is 6.49. The van der Waals surface area contributed by atoms with E-state index in [-0.39, 0.29) is 12.0 Å². The van der Waals surface area contributed by atoms with Gasteiger partial charge < -0.3 is 10.2 Å². The molecule has 1 aliphatic heterocycles. The van der Waals surface area contributed by atoms with E-state index in [1.54, 1.807) is 6.07 Å². The molecule has 132 valence electrons. The fraction of sp³-hybridized carbons (Fsp3) is 0.263. The number of aromatic nitrogens is 3. The van der Waals surface area contributed by atoms with Gasteiger partial charge in [-0.1, -0.05) is 35.0 Å². The van der Waals surface area contributed by atoms with Crippen LogP contribution in [0.15, 0.2) is 41.7 Å². The SMILES string of the molecule is Cc1ccc(C2=NO[C@@H](CNC(=O)c3cnc4n[nH]c(C)c4c3)C2)cc1. The van der Waals surface area contributed by atoms with Gasteiger partial charge in [0.25, 0.3) is 5.91 Å². The van der Waals surface area contributed by atoms with Gasteiger partial charge in [0.2, 0.25) is 0 Å². The fourth-order valence-electron chi connectivity index (χ4n) is 2.91. The highest BCUT2D eigenvalue weighted by atomic mass is 16.6. The third-order valence-corrected chi connectivity index (χ3v) is 4.47. The number of H-pyrrole nitrogens is 1. The summed E-state index contributed by atoms with van der Waals surface area (Å²) in [6.07, 6.45) is 2.03. The van der Waals surface area contributed by atoms with E-state index in [0.717, 1.165) is 22.4 Å². The molecule has 2 aromatic heterocycles. The van der Waals surface area contributed by atoms with Crippen molar-refractivity contribution in [2.45, 2.75) is 26.4 Å². The molecule has 0 aliphatic carbocycles. The van der Waals surface area contributed by atoms with Crippen LogP contribution in [0.25, 0.3) is 11.0 Å². The van der Waals surface area contributed by atoms with Crippen molar-refractivity contribution < 1.29 is 9.63 Å². The van der Waals surface area contributed by atoms with Crippen molar-refractivity contribution in [1.29, 1.82) is 0 Å². The van der Waals surface area contributed by atoms with Crippen LogP contribution in [0.3, 0.4) is 0 Å². The molecule has 4 rings (SSSR count). The maximum atomic E-state index is 12.4. The zero-order valence-corrected chi connectivity index (χ0v) is 14.6. The number of oxime groups is 1. The van der Waals surface area contributed by atoms with E-state index in [1.807, 2.05) is 38.1 Å². The lowest BCUT2D eigenvalue weighted by molar-refractivity contribution is 0.0753. The molecule has 1 aromatic carbocycles. The number of aryl methyl sites for hydroxylation is 2. The monoisotopic (exact) mass is 349 g/mol. The minimum absolute atomic E-state index is 0.164. The van der Waals surface area contributed by atoms with Gasteiger partial charge in [0.1, 0.15) is 6.10 Å². The molecule has 7 heteroatoms. The Labute approximate surface area is 150 Å². The van der Waals surface area contributed by atoms with Crippen LogP contribution in [0.4, 0.5) is 0 Å². The number of nitrogens with one attached hydrogen (secondary N) is 2. The van der Waals surface area contributed by atoms with Crippen molar-refractivity contribution in [2.24, 2.45) is 5.16 Å². The van der Waals surface area contributed by atoms with Crippen molar-refractivity contribution in [3.8, 4) is 0 Å². The first-order chi connectivity index (χ1) is 12.6. The lowest BCUT2D eigenvalue weighted by Crippen LogP contribution is -2.32. The Morgan fingerprint density at radius 1 is 1.31 bits per heavy atom. The Hall–Kier alpha value is -3.22. The van der Waals surface area contributed by atoms with Crippen LogP contribution < -0.4 is 5.32 Å². The molecular weight excluding hydrogens is 330 g/mol. The molecule has 1 aliphatic rings. The second-order valence-corrected chi connectivity index (χ2v) is 6.49. The summed E-state index contributed by atoms with van der Waals surface area (Å²) in [4.78, 5) is 22.1. The number of fused-ring (bicyclic) bond motifs is 1. The Morgan fingerprint density at radius 2 is 2.12 bits per heavy atom. The minimum atomic E-state index is -0.188. The first-order valence-corrected chi connectivity index (χ1v) is 8.49. The van der Waals surface area contributed by atoms with Crippen molar-refractivity contribution in [2.75, 3.05) is 6.54 Å². The van der Waals surface area contributed by atoms with Gasteiger partial charge in [0.15, 0.2) is 5.65 Å². The van der Waals surface area contributed by atoms with E-state index in [4.69, 9.17) is 4.84 Å². The van der Waals surface area contributed by atoms with Gasteiger partial charge in [-0.2, -0.15) is 5.10 Å². The Kier molecular flexibility index (Phi) is 4.12. The molecule has 0 spiro atoms. The fourth-order valence-corrected chi connectivity index (χ4v) is 2.91. The zero-order valence-electron chi connectivity index (χ0n) is 14.6. The highest BCUT2D eigenvalue weighted by Gasteiger charge is 2.23. The topological polar surface area (TPSA) is 92.3 Å². The largest absolute Gasteiger partial charge is 0.390 e. The van der Waals surface area contributed by atoms with Crippen LogP contribution in [-0.2, 0) is 4.84 Å². The summed E-state index contributed by atoms with van der Waals surface area (Å²) in [7, 11) is 0. The number of hydrogen-bond acceptors (Lipinski definition) is 5. The van der Waals surface area contributed by atoms with E-state index in [2.05, 4.69) is 25.7 Å². The molecule has 0 saturated heterocycles. The van der Waals surface area contributed by atoms with E-state index in [0.29, 0.717) is 24.2 Å². The summed E-state index contributed by atoms with van der Waals surface area (Å²) in [6, 6.07) is 9.96. The molecule has 0 radical (unpaired) electrons. The van der Waals surface area contributed by atoms with Crippen LogP contribution in [0.5, 0.6) is 0 Å². The predicted molar refractivity (Wildman–Crippen MR) is 98.2 cm³/mol. The number of benzene rings is 1. The van der Waals surface area contributed by atoms with E-state index >= 15 is 0 Å². The number of rotatable bonds is 4. The third kappa shape index (κ3) is 3.15. The van der Waals surface area contributed by atoms with Gasteiger partial charge >= 0.3 is 0 Å². The highest BCUT2D eigenvalue weighted by Crippen LogP contribution is 2.17. The number of hydrogen-bond donors (Lipinski definition) is 2. The quantitative estimate of drug-likeness (QED) is 0.757. The molecule has 0 saturated carbocycles. The second kappa shape index (κ2) is 6.59. The lowest BCUT2D eigenvalue weighted by Gasteiger charge is -2.10. The van der Waals surface area contributed by atoms with Crippen molar-refractivity contribution in [1.82, 2.24) is 20.5 Å². The lowest BCUT2D eigenvalue weighted by atomic mass is 10.0. The minimum Gasteiger partial charge on any atom is -0.390 e. The summed E-state index contributed by atoms with van der Waals surface area (Å²) < 4.78 is 0. The van der Waals surface area contributed by atoms with Crippen LogP contribution in [0.1, 0.15) is 33.6 Å². The first-order valence-electron chi connectivity index (χ1n) is 8.49. The van der Waals surface area contributed by atoms with Crippen molar-refractivity contribution in [3.05, 3.63) is 58.9 Å². The molecule has 7 nitrogen and oxygen atoms in total. The summed E-state index contributed by atoms with van der Waals surface area (Å²) in [5.41, 5.74) is 5.15. The van der Waals surface area contributed by atoms with Gasteiger partial charge in [-0.05, 0) is 25.5 Å². The molecule has 0 fully saturated rings. The molecule has 1 atom stereocenters. The molecule has 3 heterocycles. The van der Waals surface area contributed by atoms with Crippen LogP contribution >= 0.6 is 0 Å². The molecule has 0 bridgehead atoms. The van der Waals surface area contributed by atoms with Crippen molar-refractivity contribution in [3.63, 3.8) is 0 Å². The molecule has 26 heavy (non-hydrogen) atoms. The first kappa shape index (κ1) is 16.3. The van der Waals surface area contributed by atoms with Gasteiger partial charge in [-0.3, -0.25) is 9.89 Å². The third-order valence-electron chi connectivity index (χ3n) is 4.47. The number of aromatic amines is 1. The number of amides is 1. The van der Waals surface area contributed by atoms with E-state index < -0.39 is 0 Å². The summed E-state index contributed by atoms with van der Waals surface area (Å²) in [6.45, 7) is 4.33. The summed E-state index contributed by atoms with van der Waals surface area (Å²) in [5.74, 6) is -0.188.